The van der Waals surface area contributed by atoms with E-state index >= 15 is 0 Å². The van der Waals surface area contributed by atoms with Crippen molar-refractivity contribution >= 4 is 0 Å². The zero-order chi connectivity index (χ0) is 22.1. The molecule has 2 nitrogen and oxygen atoms in total. The molecule has 0 aliphatic carbocycles. The van der Waals surface area contributed by atoms with Crippen LogP contribution < -0.4 is 0 Å². The molecule has 0 heterocycles. The molecule has 0 saturated heterocycles. The van der Waals surface area contributed by atoms with Crippen molar-refractivity contribution in [1.29, 1.82) is 5.26 Å². The molecule has 2 rings (SSSR count). The maximum absolute atomic E-state index is 14.7. The molecule has 0 radical (unpaired) electrons. The average molecular weight is 413 g/mol. The van der Waals surface area contributed by atoms with Crippen molar-refractivity contribution in [2.24, 2.45) is 5.92 Å². The van der Waals surface area contributed by atoms with Crippen molar-refractivity contribution in [2.75, 3.05) is 6.54 Å². The van der Waals surface area contributed by atoms with Crippen LogP contribution in [0.15, 0.2) is 48.5 Å². The summed E-state index contributed by atoms with van der Waals surface area (Å²) in [6.45, 7) is 9.84. The number of benzene rings is 2. The first-order chi connectivity index (χ1) is 14.4. The van der Waals surface area contributed by atoms with E-state index in [1.54, 1.807) is 0 Å². The molecule has 0 aliphatic rings. The van der Waals surface area contributed by atoms with E-state index in [0.29, 0.717) is 12.8 Å². The van der Waals surface area contributed by atoms with Gasteiger partial charge < -0.3 is 0 Å². The number of hydrogen-bond acceptors (Lipinski definition) is 2. The van der Waals surface area contributed by atoms with Crippen LogP contribution in [0.4, 0.5) is 8.78 Å². The molecule has 0 N–H and O–H groups in total. The summed E-state index contributed by atoms with van der Waals surface area (Å²) < 4.78 is 29.3. The summed E-state index contributed by atoms with van der Waals surface area (Å²) in [6.07, 6.45) is 3.08. The molecule has 2 atom stereocenters. The average Bonchev–Trinajstić information content (AvgIpc) is 2.73. The second-order valence-electron chi connectivity index (χ2n) is 8.39. The SMILES string of the molecule is CCCN(Cc1ccccc1)C(CC)CCC(C#N)(c1c(F)cccc1F)C(C)C. The summed E-state index contributed by atoms with van der Waals surface area (Å²) in [4.78, 5) is 2.44. The third kappa shape index (κ3) is 5.46. The molecule has 2 unspecified atom stereocenters. The number of halogens is 2. The predicted octanol–water partition coefficient (Wildman–Crippen LogP) is 6.85. The molecule has 0 aromatic heterocycles. The standard InChI is InChI=1S/C26H34F2N2/c1-5-17-30(18-21-11-8-7-9-12-21)22(6-2)15-16-26(19-29,20(3)4)25-23(27)13-10-14-24(25)28/h7-14,20,22H,5-6,15-18H2,1-4H3. The molecule has 0 amide bonds. The van der Waals surface area contributed by atoms with Crippen molar-refractivity contribution in [2.45, 2.75) is 71.4 Å². The quantitative estimate of drug-likeness (QED) is 0.403. The van der Waals surface area contributed by atoms with Gasteiger partial charge in [0.05, 0.1) is 11.5 Å². The van der Waals surface area contributed by atoms with Gasteiger partial charge >= 0.3 is 0 Å². The minimum atomic E-state index is -1.19. The van der Waals surface area contributed by atoms with Gasteiger partial charge in [-0.15, -0.1) is 0 Å². The second kappa shape index (κ2) is 11.2. The van der Waals surface area contributed by atoms with E-state index in [1.807, 2.05) is 32.0 Å². The van der Waals surface area contributed by atoms with Crippen LogP contribution in [-0.2, 0) is 12.0 Å². The minimum absolute atomic E-state index is 0.0811. The topological polar surface area (TPSA) is 27.0 Å². The molecule has 0 spiro atoms. The summed E-state index contributed by atoms with van der Waals surface area (Å²) in [7, 11) is 0. The Morgan fingerprint density at radius 2 is 1.63 bits per heavy atom. The predicted molar refractivity (Wildman–Crippen MR) is 119 cm³/mol. The number of rotatable bonds is 11. The van der Waals surface area contributed by atoms with E-state index in [2.05, 4.69) is 36.9 Å². The van der Waals surface area contributed by atoms with Crippen LogP contribution >= 0.6 is 0 Å². The summed E-state index contributed by atoms with van der Waals surface area (Å²) >= 11 is 0. The van der Waals surface area contributed by atoms with Gasteiger partial charge in [0.1, 0.15) is 11.6 Å². The normalized spacial score (nSPS) is 14.5. The molecule has 4 heteroatoms. The van der Waals surface area contributed by atoms with Crippen molar-refractivity contribution in [3.05, 3.63) is 71.3 Å². The van der Waals surface area contributed by atoms with Crippen molar-refractivity contribution in [1.82, 2.24) is 4.90 Å². The molecule has 0 bridgehead atoms. The zero-order valence-corrected chi connectivity index (χ0v) is 18.7. The lowest BCUT2D eigenvalue weighted by atomic mass is 9.68. The van der Waals surface area contributed by atoms with Gasteiger partial charge in [-0.1, -0.05) is 64.1 Å². The number of nitrogens with zero attached hydrogens (tertiary/aromatic N) is 2. The summed E-state index contributed by atoms with van der Waals surface area (Å²) in [6, 6.07) is 16.8. The van der Waals surface area contributed by atoms with Crippen LogP contribution in [0.3, 0.4) is 0 Å². The van der Waals surface area contributed by atoms with Gasteiger partial charge in [0.2, 0.25) is 0 Å². The second-order valence-corrected chi connectivity index (χ2v) is 8.39. The highest BCUT2D eigenvalue weighted by Gasteiger charge is 2.41. The molecule has 0 fully saturated rings. The highest BCUT2D eigenvalue weighted by molar-refractivity contribution is 5.36. The third-order valence-electron chi connectivity index (χ3n) is 6.19. The Bertz CT molecular complexity index is 808. The molecule has 30 heavy (non-hydrogen) atoms. The van der Waals surface area contributed by atoms with E-state index < -0.39 is 17.0 Å². The fraction of sp³-hybridized carbons (Fsp3) is 0.500. The van der Waals surface area contributed by atoms with Crippen molar-refractivity contribution < 1.29 is 8.78 Å². The summed E-state index contributed by atoms with van der Waals surface area (Å²) in [5.41, 5.74) is -0.0181. The van der Waals surface area contributed by atoms with Crippen LogP contribution in [0.1, 0.15) is 64.5 Å². The van der Waals surface area contributed by atoms with Gasteiger partial charge in [-0.3, -0.25) is 4.90 Å². The van der Waals surface area contributed by atoms with Gasteiger partial charge in [0.15, 0.2) is 0 Å². The Hall–Kier alpha value is -2.25. The van der Waals surface area contributed by atoms with Gasteiger partial charge in [0.25, 0.3) is 0 Å². The lowest BCUT2D eigenvalue weighted by Crippen LogP contribution is -2.39. The van der Waals surface area contributed by atoms with Crippen molar-refractivity contribution in [3.63, 3.8) is 0 Å². The van der Waals surface area contributed by atoms with Gasteiger partial charge in [-0.05, 0) is 55.8 Å². The van der Waals surface area contributed by atoms with E-state index in [1.165, 1.54) is 23.8 Å². The highest BCUT2D eigenvalue weighted by atomic mass is 19.1. The molecule has 0 aliphatic heterocycles. The van der Waals surface area contributed by atoms with E-state index in [-0.39, 0.29) is 17.5 Å². The highest BCUT2D eigenvalue weighted by Crippen LogP contribution is 2.40. The summed E-state index contributed by atoms with van der Waals surface area (Å²) in [5.74, 6) is -1.47. The number of nitriles is 1. The van der Waals surface area contributed by atoms with E-state index in [0.717, 1.165) is 25.9 Å². The summed E-state index contributed by atoms with van der Waals surface area (Å²) in [5, 5.41) is 10.1. The first kappa shape index (κ1) is 24.0. The van der Waals surface area contributed by atoms with Gasteiger partial charge in [-0.2, -0.15) is 5.26 Å². The maximum Gasteiger partial charge on any atom is 0.130 e. The maximum atomic E-state index is 14.7. The molecule has 0 saturated carbocycles. The van der Waals surface area contributed by atoms with Crippen LogP contribution in [0, 0.1) is 28.9 Å². The van der Waals surface area contributed by atoms with Crippen LogP contribution in [0.2, 0.25) is 0 Å². The molecular formula is C26H34F2N2. The first-order valence-electron chi connectivity index (χ1n) is 11.0. The largest absolute Gasteiger partial charge is 0.296 e. The molecular weight excluding hydrogens is 378 g/mol. The van der Waals surface area contributed by atoms with E-state index in [4.69, 9.17) is 0 Å². The zero-order valence-electron chi connectivity index (χ0n) is 18.7. The molecule has 2 aromatic carbocycles. The van der Waals surface area contributed by atoms with E-state index in [9.17, 15) is 14.0 Å². The Morgan fingerprint density at radius 1 is 1.00 bits per heavy atom. The Kier molecular flexibility index (Phi) is 8.99. The smallest absolute Gasteiger partial charge is 0.130 e. The fourth-order valence-electron chi connectivity index (χ4n) is 4.40. The molecule has 2 aromatic rings. The Balaban J connectivity index is 2.30. The molecule has 162 valence electrons. The first-order valence-corrected chi connectivity index (χ1v) is 11.0. The van der Waals surface area contributed by atoms with Crippen molar-refractivity contribution in [3.8, 4) is 6.07 Å². The fourth-order valence-corrected chi connectivity index (χ4v) is 4.40. The Morgan fingerprint density at radius 3 is 2.13 bits per heavy atom. The lowest BCUT2D eigenvalue weighted by molar-refractivity contribution is 0.159. The third-order valence-corrected chi connectivity index (χ3v) is 6.19. The van der Waals surface area contributed by atoms with Crippen LogP contribution in [-0.4, -0.2) is 17.5 Å². The van der Waals surface area contributed by atoms with Gasteiger partial charge in [-0.25, -0.2) is 8.78 Å². The minimum Gasteiger partial charge on any atom is -0.296 e. The number of hydrogen-bond donors (Lipinski definition) is 0. The van der Waals surface area contributed by atoms with Gasteiger partial charge in [0, 0.05) is 18.2 Å². The van der Waals surface area contributed by atoms with Crippen LogP contribution in [0.25, 0.3) is 0 Å². The monoisotopic (exact) mass is 412 g/mol. The lowest BCUT2D eigenvalue weighted by Gasteiger charge is -2.36. The Labute approximate surface area is 180 Å². The van der Waals surface area contributed by atoms with Crippen LogP contribution in [0.5, 0.6) is 0 Å².